The van der Waals surface area contributed by atoms with E-state index in [0.717, 1.165) is 4.47 Å². The molecule has 1 aromatic heterocycles. The minimum atomic E-state index is -0.352. The van der Waals surface area contributed by atoms with Crippen LogP contribution in [0.2, 0.25) is 10.0 Å². The highest BCUT2D eigenvalue weighted by molar-refractivity contribution is 9.10. The van der Waals surface area contributed by atoms with Gasteiger partial charge in [0.1, 0.15) is 0 Å². The van der Waals surface area contributed by atoms with Gasteiger partial charge in [-0.25, -0.2) is 0 Å². The first-order chi connectivity index (χ1) is 11.0. The Labute approximate surface area is 149 Å². The molecule has 23 heavy (non-hydrogen) atoms. The number of hydrogen-bond donors (Lipinski definition) is 1. The van der Waals surface area contributed by atoms with E-state index in [1.165, 1.54) is 0 Å². The van der Waals surface area contributed by atoms with Gasteiger partial charge in [-0.1, -0.05) is 44.2 Å². The number of hydrogen-bond acceptors (Lipinski definition) is 4. The topological polar surface area (TPSA) is 68.0 Å². The maximum Gasteiger partial charge on any atom is 0.322 e. The van der Waals surface area contributed by atoms with Crippen LogP contribution in [0.3, 0.4) is 0 Å². The minimum absolute atomic E-state index is 0.0149. The summed E-state index contributed by atoms with van der Waals surface area (Å²) in [6.45, 7) is 0. The molecule has 8 heteroatoms. The monoisotopic (exact) mass is 411 g/mol. The van der Waals surface area contributed by atoms with Crippen molar-refractivity contribution in [2.75, 3.05) is 5.32 Å². The van der Waals surface area contributed by atoms with Crippen LogP contribution in [0.1, 0.15) is 10.4 Å². The predicted molar refractivity (Wildman–Crippen MR) is 91.8 cm³/mol. The highest BCUT2D eigenvalue weighted by Crippen LogP contribution is 2.30. The van der Waals surface area contributed by atoms with Gasteiger partial charge in [0.2, 0.25) is 0 Å². The summed E-state index contributed by atoms with van der Waals surface area (Å²) >= 11 is 15.2. The van der Waals surface area contributed by atoms with Crippen molar-refractivity contribution in [3.05, 3.63) is 62.5 Å². The Bertz CT molecular complexity index is 865. The second-order valence-corrected chi connectivity index (χ2v) is 6.26. The molecule has 0 aliphatic carbocycles. The summed E-state index contributed by atoms with van der Waals surface area (Å²) in [7, 11) is 0. The van der Waals surface area contributed by atoms with Gasteiger partial charge in [-0.15, -0.1) is 5.10 Å². The minimum Gasteiger partial charge on any atom is -0.403 e. The van der Waals surface area contributed by atoms with E-state index in [-0.39, 0.29) is 17.8 Å². The molecule has 0 saturated carbocycles. The summed E-state index contributed by atoms with van der Waals surface area (Å²) in [5.41, 5.74) is 1.00. The molecule has 0 radical (unpaired) electrons. The average Bonchev–Trinajstić information content (AvgIpc) is 2.96. The van der Waals surface area contributed by atoms with Crippen LogP contribution in [0.25, 0.3) is 11.5 Å². The van der Waals surface area contributed by atoms with E-state index in [2.05, 4.69) is 31.4 Å². The summed E-state index contributed by atoms with van der Waals surface area (Å²) in [4.78, 5) is 12.1. The molecule has 0 bridgehead atoms. The van der Waals surface area contributed by atoms with Crippen LogP contribution >= 0.6 is 39.1 Å². The molecule has 3 aromatic rings. The summed E-state index contributed by atoms with van der Waals surface area (Å²) in [5, 5.41) is 11.1. The lowest BCUT2D eigenvalue weighted by Gasteiger charge is -2.01. The van der Waals surface area contributed by atoms with E-state index in [4.69, 9.17) is 27.6 Å². The third kappa shape index (κ3) is 3.72. The first-order valence-corrected chi connectivity index (χ1v) is 7.93. The van der Waals surface area contributed by atoms with Crippen LogP contribution in [-0.4, -0.2) is 16.1 Å². The number of rotatable bonds is 3. The van der Waals surface area contributed by atoms with Crippen molar-refractivity contribution in [2.24, 2.45) is 0 Å². The van der Waals surface area contributed by atoms with Crippen LogP contribution in [-0.2, 0) is 0 Å². The molecular weight excluding hydrogens is 405 g/mol. The first-order valence-electron chi connectivity index (χ1n) is 6.39. The van der Waals surface area contributed by atoms with Gasteiger partial charge in [0, 0.05) is 15.1 Å². The van der Waals surface area contributed by atoms with Crippen molar-refractivity contribution in [1.82, 2.24) is 10.2 Å². The van der Waals surface area contributed by atoms with Gasteiger partial charge in [-0.05, 0) is 42.5 Å². The number of nitrogens with one attached hydrogen (secondary N) is 1. The Balaban J connectivity index is 1.79. The lowest BCUT2D eigenvalue weighted by atomic mass is 10.2. The molecule has 1 heterocycles. The molecule has 0 unspecified atom stereocenters. The maximum atomic E-state index is 12.1. The zero-order valence-corrected chi connectivity index (χ0v) is 14.5. The van der Waals surface area contributed by atoms with Gasteiger partial charge in [0.15, 0.2) is 0 Å². The van der Waals surface area contributed by atoms with E-state index in [1.54, 1.807) is 42.5 Å². The molecule has 2 aromatic carbocycles. The van der Waals surface area contributed by atoms with Crippen LogP contribution in [0.5, 0.6) is 0 Å². The van der Waals surface area contributed by atoms with Crippen molar-refractivity contribution in [3.8, 4) is 11.5 Å². The Morgan fingerprint density at radius 1 is 1.09 bits per heavy atom. The van der Waals surface area contributed by atoms with E-state index < -0.39 is 0 Å². The van der Waals surface area contributed by atoms with Gasteiger partial charge in [0.05, 0.1) is 10.6 Å². The van der Waals surface area contributed by atoms with Crippen LogP contribution < -0.4 is 5.32 Å². The number of carbonyl (C=O) groups excluding carboxylic acids is 1. The Morgan fingerprint density at radius 3 is 2.52 bits per heavy atom. The standard InChI is InChI=1S/C15H8BrCl2N3O2/c16-9-3-1-8(2-4-9)13(22)19-15-21-20-14(23-15)11-6-5-10(17)7-12(11)18/h1-7H,(H,19,21,22). The fourth-order valence-corrected chi connectivity index (χ4v) is 2.57. The molecular formula is C15H8BrCl2N3O2. The second kappa shape index (κ2) is 6.70. The highest BCUT2D eigenvalue weighted by Gasteiger charge is 2.15. The predicted octanol–water partition coefficient (Wildman–Crippen LogP) is 5.06. The van der Waals surface area contributed by atoms with Gasteiger partial charge >= 0.3 is 6.01 Å². The molecule has 0 aliphatic rings. The zero-order chi connectivity index (χ0) is 16.4. The van der Waals surface area contributed by atoms with Crippen LogP contribution in [0, 0.1) is 0 Å². The SMILES string of the molecule is O=C(Nc1nnc(-c2ccc(Cl)cc2Cl)o1)c1ccc(Br)cc1. The maximum absolute atomic E-state index is 12.1. The average molecular weight is 413 g/mol. The van der Waals surface area contributed by atoms with Gasteiger partial charge in [-0.2, -0.15) is 0 Å². The number of carbonyl (C=O) groups is 1. The number of benzene rings is 2. The Kier molecular flexibility index (Phi) is 4.66. The van der Waals surface area contributed by atoms with E-state index >= 15 is 0 Å². The molecule has 1 N–H and O–H groups in total. The molecule has 0 aliphatic heterocycles. The van der Waals surface area contributed by atoms with Gasteiger partial charge in [-0.3, -0.25) is 10.1 Å². The number of amides is 1. The largest absolute Gasteiger partial charge is 0.403 e. The van der Waals surface area contributed by atoms with E-state index in [1.807, 2.05) is 0 Å². The number of aromatic nitrogens is 2. The summed E-state index contributed by atoms with van der Waals surface area (Å²) in [6, 6.07) is 11.8. The van der Waals surface area contributed by atoms with Crippen LogP contribution in [0.15, 0.2) is 51.4 Å². The quantitative estimate of drug-likeness (QED) is 0.652. The Morgan fingerprint density at radius 2 is 1.83 bits per heavy atom. The van der Waals surface area contributed by atoms with Crippen molar-refractivity contribution in [2.45, 2.75) is 0 Å². The molecule has 5 nitrogen and oxygen atoms in total. The lowest BCUT2D eigenvalue weighted by molar-refractivity contribution is 0.102. The number of nitrogens with zero attached hydrogens (tertiary/aromatic N) is 2. The summed E-state index contributed by atoms with van der Waals surface area (Å²) in [5.74, 6) is -0.160. The van der Waals surface area contributed by atoms with Crippen LogP contribution in [0.4, 0.5) is 6.01 Å². The van der Waals surface area contributed by atoms with E-state index in [0.29, 0.717) is 21.2 Å². The van der Waals surface area contributed by atoms with Crippen molar-refractivity contribution >= 4 is 51.1 Å². The van der Waals surface area contributed by atoms with E-state index in [9.17, 15) is 4.79 Å². The number of halogens is 3. The summed E-state index contributed by atoms with van der Waals surface area (Å²) in [6.07, 6.45) is 0. The molecule has 0 atom stereocenters. The number of anilines is 1. The highest BCUT2D eigenvalue weighted by atomic mass is 79.9. The zero-order valence-electron chi connectivity index (χ0n) is 11.4. The third-order valence-electron chi connectivity index (χ3n) is 2.91. The normalized spacial score (nSPS) is 10.6. The van der Waals surface area contributed by atoms with Gasteiger partial charge < -0.3 is 4.42 Å². The smallest absolute Gasteiger partial charge is 0.322 e. The molecule has 116 valence electrons. The molecule has 0 spiro atoms. The fourth-order valence-electron chi connectivity index (χ4n) is 1.82. The van der Waals surface area contributed by atoms with Crippen molar-refractivity contribution in [3.63, 3.8) is 0 Å². The van der Waals surface area contributed by atoms with Gasteiger partial charge in [0.25, 0.3) is 11.8 Å². The second-order valence-electron chi connectivity index (χ2n) is 4.50. The first kappa shape index (κ1) is 16.0. The third-order valence-corrected chi connectivity index (χ3v) is 3.99. The fraction of sp³-hybridized carbons (Fsp3) is 0. The molecule has 3 rings (SSSR count). The lowest BCUT2D eigenvalue weighted by Crippen LogP contribution is -2.11. The van der Waals surface area contributed by atoms with Crippen molar-refractivity contribution in [1.29, 1.82) is 0 Å². The molecule has 0 saturated heterocycles. The Hall–Kier alpha value is -1.89. The molecule has 0 fully saturated rings. The van der Waals surface area contributed by atoms with Crippen molar-refractivity contribution < 1.29 is 9.21 Å². The molecule has 1 amide bonds. The summed E-state index contributed by atoms with van der Waals surface area (Å²) < 4.78 is 6.30.